The predicted octanol–water partition coefficient (Wildman–Crippen LogP) is 2.00. The van der Waals surface area contributed by atoms with Gasteiger partial charge in [-0.05, 0) is 29.8 Å². The summed E-state index contributed by atoms with van der Waals surface area (Å²) >= 11 is 0. The van der Waals surface area contributed by atoms with Crippen molar-refractivity contribution >= 4 is 24.0 Å². The lowest BCUT2D eigenvalue weighted by Crippen LogP contribution is -2.28. The molecule has 0 fully saturated rings. The van der Waals surface area contributed by atoms with Crippen LogP contribution in [0, 0.1) is 0 Å². The number of nitrogens with two attached hydrogens (primary N) is 1. The molecule has 2 rings (SSSR count). The number of carbonyl (C=O) groups excluding carboxylic acids is 1. The van der Waals surface area contributed by atoms with Crippen molar-refractivity contribution in [1.82, 2.24) is 9.88 Å². The quantitative estimate of drug-likeness (QED) is 0.871. The van der Waals surface area contributed by atoms with Crippen molar-refractivity contribution in [2.75, 3.05) is 19.9 Å². The molecular formula is C16H20ClN3O3. The molecule has 0 aliphatic carbocycles. The topological polar surface area (TPSA) is 88.7 Å². The molecule has 1 aromatic heterocycles. The molecule has 2 aromatic rings. The van der Waals surface area contributed by atoms with Crippen LogP contribution in [0.5, 0.6) is 11.5 Å². The second kappa shape index (κ2) is 8.24. The summed E-state index contributed by atoms with van der Waals surface area (Å²) in [5.74, 6) is 0.411. The molecule has 124 valence electrons. The average molecular weight is 338 g/mol. The first-order valence-electron chi connectivity index (χ1n) is 6.80. The van der Waals surface area contributed by atoms with E-state index in [0.29, 0.717) is 23.7 Å². The van der Waals surface area contributed by atoms with Gasteiger partial charge in [-0.3, -0.25) is 9.78 Å². The van der Waals surface area contributed by atoms with Gasteiger partial charge in [-0.2, -0.15) is 0 Å². The number of amides is 1. The molecule has 0 aliphatic heterocycles. The van der Waals surface area contributed by atoms with Crippen LogP contribution in [0.25, 0.3) is 0 Å². The fourth-order valence-electron chi connectivity index (χ4n) is 2.01. The van der Waals surface area contributed by atoms with Crippen molar-refractivity contribution in [1.29, 1.82) is 0 Å². The van der Waals surface area contributed by atoms with Gasteiger partial charge in [0.05, 0.1) is 25.4 Å². The monoisotopic (exact) mass is 337 g/mol. The van der Waals surface area contributed by atoms with Crippen molar-refractivity contribution in [2.45, 2.75) is 13.0 Å². The minimum absolute atomic E-state index is 0. The van der Waals surface area contributed by atoms with Crippen LogP contribution >= 0.6 is 12.4 Å². The number of pyridine rings is 1. The van der Waals surface area contributed by atoms with Crippen molar-refractivity contribution in [3.63, 3.8) is 0 Å². The molecule has 0 saturated heterocycles. The van der Waals surface area contributed by atoms with E-state index in [-0.39, 0.29) is 30.5 Å². The maximum absolute atomic E-state index is 12.2. The molecule has 0 bridgehead atoms. The summed E-state index contributed by atoms with van der Waals surface area (Å²) in [5, 5.41) is 9.57. The molecule has 0 atom stereocenters. The number of anilines is 1. The number of nitrogens with zero attached hydrogens (tertiary/aromatic N) is 2. The fourth-order valence-corrected chi connectivity index (χ4v) is 2.01. The molecule has 1 amide bonds. The highest BCUT2D eigenvalue weighted by molar-refractivity contribution is 5.85. The normalized spacial score (nSPS) is 9.83. The van der Waals surface area contributed by atoms with Crippen LogP contribution in [0.15, 0.2) is 36.5 Å². The van der Waals surface area contributed by atoms with Crippen molar-refractivity contribution in [3.8, 4) is 11.5 Å². The molecule has 7 heteroatoms. The maximum atomic E-state index is 12.2. The highest BCUT2D eigenvalue weighted by atomic mass is 35.5. The average Bonchev–Trinajstić information content (AvgIpc) is 2.51. The van der Waals surface area contributed by atoms with Gasteiger partial charge in [0.25, 0.3) is 0 Å². The number of phenols is 1. The molecule has 0 saturated carbocycles. The number of aromatic hydroxyl groups is 1. The number of hydrogen-bond acceptors (Lipinski definition) is 5. The van der Waals surface area contributed by atoms with E-state index in [1.165, 1.54) is 13.3 Å². The van der Waals surface area contributed by atoms with Gasteiger partial charge in [-0.1, -0.05) is 6.07 Å². The molecular weight excluding hydrogens is 318 g/mol. The van der Waals surface area contributed by atoms with Gasteiger partial charge in [0.15, 0.2) is 11.5 Å². The first-order valence-corrected chi connectivity index (χ1v) is 6.80. The Balaban J connectivity index is 0.00000264. The molecule has 23 heavy (non-hydrogen) atoms. The van der Waals surface area contributed by atoms with Crippen molar-refractivity contribution in [3.05, 3.63) is 47.8 Å². The molecule has 0 spiro atoms. The van der Waals surface area contributed by atoms with Crippen LogP contribution in [0.4, 0.5) is 5.69 Å². The number of carbonyl (C=O) groups is 1. The van der Waals surface area contributed by atoms with E-state index in [1.54, 1.807) is 42.3 Å². The largest absolute Gasteiger partial charge is 0.504 e. The third-order valence-corrected chi connectivity index (χ3v) is 3.27. The van der Waals surface area contributed by atoms with Crippen LogP contribution < -0.4 is 10.5 Å². The summed E-state index contributed by atoms with van der Waals surface area (Å²) in [6.07, 6.45) is 1.75. The van der Waals surface area contributed by atoms with Gasteiger partial charge in [0, 0.05) is 19.3 Å². The zero-order valence-electron chi connectivity index (χ0n) is 13.0. The summed E-state index contributed by atoms with van der Waals surface area (Å²) in [7, 11) is 3.21. The Morgan fingerprint density at radius 1 is 1.35 bits per heavy atom. The van der Waals surface area contributed by atoms with Crippen molar-refractivity contribution < 1.29 is 14.6 Å². The Hall–Kier alpha value is -2.47. The highest BCUT2D eigenvalue weighted by Gasteiger charge is 2.12. The summed E-state index contributed by atoms with van der Waals surface area (Å²) in [4.78, 5) is 17.9. The van der Waals surface area contributed by atoms with E-state index >= 15 is 0 Å². The number of rotatable bonds is 5. The lowest BCUT2D eigenvalue weighted by atomic mass is 10.1. The second-order valence-corrected chi connectivity index (χ2v) is 5.02. The van der Waals surface area contributed by atoms with Gasteiger partial charge in [0.1, 0.15) is 0 Å². The Bertz CT molecular complexity index is 662. The number of methoxy groups -OCH3 is 1. The Kier molecular flexibility index (Phi) is 6.65. The van der Waals surface area contributed by atoms with Gasteiger partial charge < -0.3 is 20.5 Å². The molecule has 0 radical (unpaired) electrons. The lowest BCUT2D eigenvalue weighted by Gasteiger charge is -2.18. The Morgan fingerprint density at radius 2 is 2.09 bits per heavy atom. The smallest absolute Gasteiger partial charge is 0.228 e. The van der Waals surface area contributed by atoms with Crippen molar-refractivity contribution in [2.24, 2.45) is 0 Å². The van der Waals surface area contributed by atoms with Gasteiger partial charge >= 0.3 is 0 Å². The number of benzene rings is 1. The van der Waals surface area contributed by atoms with E-state index in [1.807, 2.05) is 0 Å². The number of hydrogen-bond donors (Lipinski definition) is 2. The third kappa shape index (κ3) is 5.03. The summed E-state index contributed by atoms with van der Waals surface area (Å²) in [6, 6.07) is 8.47. The highest BCUT2D eigenvalue weighted by Crippen LogP contribution is 2.26. The molecule has 0 unspecified atom stereocenters. The van der Waals surface area contributed by atoms with Gasteiger partial charge in [-0.15, -0.1) is 12.4 Å². The molecule has 1 heterocycles. The SMILES string of the molecule is COc1cc(CN(C)C(=O)Cc2ccc(N)cn2)ccc1O.Cl. The first-order chi connectivity index (χ1) is 10.5. The van der Waals surface area contributed by atoms with E-state index in [4.69, 9.17) is 10.5 Å². The van der Waals surface area contributed by atoms with Crippen LogP contribution in [0.3, 0.4) is 0 Å². The van der Waals surface area contributed by atoms with Gasteiger partial charge in [-0.25, -0.2) is 0 Å². The molecule has 3 N–H and O–H groups in total. The summed E-state index contributed by atoms with van der Waals surface area (Å²) in [6.45, 7) is 0.421. The summed E-state index contributed by atoms with van der Waals surface area (Å²) in [5.41, 5.74) is 7.69. The predicted molar refractivity (Wildman–Crippen MR) is 90.7 cm³/mol. The number of likely N-dealkylation sites (N-methyl/N-ethyl adjacent to an activating group) is 1. The van der Waals surface area contributed by atoms with Crippen LogP contribution in [-0.4, -0.2) is 35.1 Å². The van der Waals surface area contributed by atoms with Crippen LogP contribution in [-0.2, 0) is 17.8 Å². The molecule has 0 aliphatic rings. The third-order valence-electron chi connectivity index (χ3n) is 3.27. The molecule has 1 aromatic carbocycles. The van der Waals surface area contributed by atoms with E-state index in [9.17, 15) is 9.90 Å². The minimum Gasteiger partial charge on any atom is -0.504 e. The second-order valence-electron chi connectivity index (χ2n) is 5.02. The Labute approximate surface area is 141 Å². The lowest BCUT2D eigenvalue weighted by molar-refractivity contribution is -0.129. The zero-order chi connectivity index (χ0) is 16.1. The standard InChI is InChI=1S/C16H19N3O3.ClH/c1-19(10-11-3-6-14(20)15(7-11)22-2)16(21)8-13-5-4-12(17)9-18-13;/h3-7,9,20H,8,10,17H2,1-2H3;1H. The summed E-state index contributed by atoms with van der Waals surface area (Å²) < 4.78 is 5.06. The zero-order valence-corrected chi connectivity index (χ0v) is 13.8. The van der Waals surface area contributed by atoms with Gasteiger partial charge in [0.2, 0.25) is 5.91 Å². The number of halogens is 1. The number of ether oxygens (including phenoxy) is 1. The van der Waals surface area contributed by atoms with E-state index in [0.717, 1.165) is 5.56 Å². The maximum Gasteiger partial charge on any atom is 0.228 e. The van der Waals surface area contributed by atoms with Crippen LogP contribution in [0.2, 0.25) is 0 Å². The Morgan fingerprint density at radius 3 is 2.70 bits per heavy atom. The van der Waals surface area contributed by atoms with E-state index in [2.05, 4.69) is 4.98 Å². The number of aromatic nitrogens is 1. The minimum atomic E-state index is -0.0516. The number of nitrogen functional groups attached to an aromatic ring is 1. The van der Waals surface area contributed by atoms with E-state index < -0.39 is 0 Å². The number of phenolic OH excluding ortho intramolecular Hbond substituents is 1. The first kappa shape index (κ1) is 18.6. The molecule has 6 nitrogen and oxygen atoms in total. The fraction of sp³-hybridized carbons (Fsp3) is 0.250. The van der Waals surface area contributed by atoms with Crippen LogP contribution in [0.1, 0.15) is 11.3 Å².